The topological polar surface area (TPSA) is 70.1 Å². The van der Waals surface area contributed by atoms with Crippen LogP contribution in [0.15, 0.2) is 72.3 Å². The van der Waals surface area contributed by atoms with Crippen molar-refractivity contribution in [1.82, 2.24) is 0 Å². The maximum Gasteiger partial charge on any atom is 0.300 e. The summed E-state index contributed by atoms with van der Waals surface area (Å²) in [6.07, 6.45) is 0. The van der Waals surface area contributed by atoms with E-state index in [4.69, 9.17) is 4.74 Å². The molecule has 0 saturated carbocycles. The molecular weight excluding hydrogens is 459 g/mol. The molecule has 1 N–H and O–H groups in total. The van der Waals surface area contributed by atoms with Crippen LogP contribution in [-0.4, -0.2) is 37.0 Å². The first-order valence-electron chi connectivity index (χ1n) is 11.9. The fraction of sp³-hybridized carbons (Fsp3) is 0.241. The number of aliphatic hydroxyl groups is 1. The van der Waals surface area contributed by atoms with Gasteiger partial charge in [0.05, 0.1) is 18.7 Å². The Balaban J connectivity index is 1.90. The lowest BCUT2D eigenvalue weighted by molar-refractivity contribution is -0.132. The van der Waals surface area contributed by atoms with Crippen molar-refractivity contribution in [1.29, 1.82) is 0 Å². The number of ether oxygens (including phenoxy) is 1. The van der Waals surface area contributed by atoms with Gasteiger partial charge in [-0.15, -0.1) is 0 Å². The van der Waals surface area contributed by atoms with Crippen LogP contribution in [0.2, 0.25) is 0 Å². The molecule has 6 nitrogen and oxygen atoms in total. The molecule has 0 radical (unpaired) electrons. The Kier molecular flexibility index (Phi) is 7.10. The molecule has 0 aromatic heterocycles. The number of aryl methyl sites for hydroxylation is 1. The summed E-state index contributed by atoms with van der Waals surface area (Å²) in [4.78, 5) is 30.3. The number of carbonyl (C=O) groups is 2. The molecule has 0 aliphatic carbocycles. The first-order valence-corrected chi connectivity index (χ1v) is 11.9. The molecule has 1 aliphatic rings. The van der Waals surface area contributed by atoms with Gasteiger partial charge in [-0.05, 0) is 86.5 Å². The summed E-state index contributed by atoms with van der Waals surface area (Å²) in [5.74, 6) is -1.79. The first kappa shape index (κ1) is 25.0. The number of halogens is 1. The van der Waals surface area contributed by atoms with Crippen LogP contribution in [0.4, 0.5) is 15.8 Å². The van der Waals surface area contributed by atoms with Gasteiger partial charge >= 0.3 is 0 Å². The Morgan fingerprint density at radius 1 is 1.03 bits per heavy atom. The van der Waals surface area contributed by atoms with Gasteiger partial charge < -0.3 is 14.7 Å². The summed E-state index contributed by atoms with van der Waals surface area (Å²) in [6.45, 7) is 7.37. The van der Waals surface area contributed by atoms with E-state index in [1.807, 2.05) is 12.1 Å². The SMILES string of the molecule is CCN(CC)c1ccc(N2C(=O)C(=O)/C(=C(\O)c3ccc(F)c(C)c3)C2c2cccc(OC)c2)cc1. The predicted octanol–water partition coefficient (Wildman–Crippen LogP) is 5.62. The number of carbonyl (C=O) groups excluding carboxylic acids is 2. The van der Waals surface area contributed by atoms with Crippen LogP contribution in [-0.2, 0) is 9.59 Å². The Labute approximate surface area is 210 Å². The second-order valence-corrected chi connectivity index (χ2v) is 8.60. The second-order valence-electron chi connectivity index (χ2n) is 8.60. The van der Waals surface area contributed by atoms with E-state index in [0.717, 1.165) is 18.8 Å². The summed E-state index contributed by atoms with van der Waals surface area (Å²) in [7, 11) is 1.53. The van der Waals surface area contributed by atoms with Crippen molar-refractivity contribution in [2.45, 2.75) is 26.8 Å². The van der Waals surface area contributed by atoms with E-state index in [9.17, 15) is 19.1 Å². The average molecular weight is 489 g/mol. The molecule has 3 aromatic rings. The zero-order valence-corrected chi connectivity index (χ0v) is 20.8. The van der Waals surface area contributed by atoms with Crippen molar-refractivity contribution in [3.63, 3.8) is 0 Å². The molecule has 0 bridgehead atoms. The van der Waals surface area contributed by atoms with E-state index in [1.54, 1.807) is 43.3 Å². The minimum Gasteiger partial charge on any atom is -0.507 e. The van der Waals surface area contributed by atoms with E-state index >= 15 is 0 Å². The van der Waals surface area contributed by atoms with E-state index in [-0.39, 0.29) is 16.9 Å². The molecule has 1 unspecified atom stereocenters. The predicted molar refractivity (Wildman–Crippen MR) is 139 cm³/mol. The van der Waals surface area contributed by atoms with Gasteiger partial charge in [0.15, 0.2) is 0 Å². The molecule has 4 rings (SSSR count). The van der Waals surface area contributed by atoms with Crippen molar-refractivity contribution in [2.75, 3.05) is 30.0 Å². The number of ketones is 1. The number of hydrogen-bond donors (Lipinski definition) is 1. The molecule has 1 aliphatic heterocycles. The summed E-state index contributed by atoms with van der Waals surface area (Å²) in [5.41, 5.74) is 2.64. The van der Waals surface area contributed by atoms with E-state index in [0.29, 0.717) is 22.6 Å². The van der Waals surface area contributed by atoms with Crippen LogP contribution in [0.1, 0.15) is 36.6 Å². The summed E-state index contributed by atoms with van der Waals surface area (Å²) in [6, 6.07) is 17.6. The lowest BCUT2D eigenvalue weighted by atomic mass is 9.94. The maximum atomic E-state index is 13.9. The summed E-state index contributed by atoms with van der Waals surface area (Å²) in [5, 5.41) is 11.2. The highest BCUT2D eigenvalue weighted by Crippen LogP contribution is 2.43. The fourth-order valence-corrected chi connectivity index (χ4v) is 4.59. The second kappa shape index (κ2) is 10.2. The van der Waals surface area contributed by atoms with Gasteiger partial charge in [0, 0.05) is 30.0 Å². The Morgan fingerprint density at radius 2 is 1.72 bits per heavy atom. The number of methoxy groups -OCH3 is 1. The number of Topliss-reactive ketones (excluding diaryl/α,β-unsaturated/α-hetero) is 1. The van der Waals surface area contributed by atoms with Crippen LogP contribution in [0.25, 0.3) is 5.76 Å². The quantitative estimate of drug-likeness (QED) is 0.266. The lowest BCUT2D eigenvalue weighted by Crippen LogP contribution is -2.29. The van der Waals surface area contributed by atoms with Crippen molar-refractivity contribution in [3.8, 4) is 5.75 Å². The number of hydrogen-bond acceptors (Lipinski definition) is 5. The van der Waals surface area contributed by atoms with Gasteiger partial charge in [0.1, 0.15) is 17.3 Å². The number of amides is 1. The molecule has 1 amide bonds. The van der Waals surface area contributed by atoms with Gasteiger partial charge in [-0.2, -0.15) is 0 Å². The van der Waals surface area contributed by atoms with Gasteiger partial charge in [-0.1, -0.05) is 12.1 Å². The lowest BCUT2D eigenvalue weighted by Gasteiger charge is -2.27. The van der Waals surface area contributed by atoms with Crippen LogP contribution in [0, 0.1) is 12.7 Å². The number of anilines is 2. The number of aliphatic hydroxyl groups excluding tert-OH is 1. The van der Waals surface area contributed by atoms with Crippen molar-refractivity contribution >= 4 is 28.8 Å². The van der Waals surface area contributed by atoms with Crippen molar-refractivity contribution in [3.05, 3.63) is 94.8 Å². The molecule has 7 heteroatoms. The van der Waals surface area contributed by atoms with E-state index in [1.165, 1.54) is 30.2 Å². The van der Waals surface area contributed by atoms with Crippen LogP contribution in [0.3, 0.4) is 0 Å². The Bertz CT molecular complexity index is 1330. The standard InChI is InChI=1S/C29H29FN2O4/c1-5-31(6-2)21-11-13-22(14-12-21)32-26(19-8-7-9-23(17-19)36-4)25(28(34)29(32)35)27(33)20-10-15-24(30)18(3)16-20/h7-17,26,33H,5-6H2,1-4H3/b27-25-. The van der Waals surface area contributed by atoms with Gasteiger partial charge in [0.25, 0.3) is 11.7 Å². The number of benzene rings is 3. The number of nitrogens with zero attached hydrogens (tertiary/aromatic N) is 2. The third-order valence-electron chi connectivity index (χ3n) is 6.54. The third-order valence-corrected chi connectivity index (χ3v) is 6.54. The summed E-state index contributed by atoms with van der Waals surface area (Å²) < 4.78 is 19.3. The molecule has 36 heavy (non-hydrogen) atoms. The monoisotopic (exact) mass is 488 g/mol. The van der Waals surface area contributed by atoms with E-state index in [2.05, 4.69) is 18.7 Å². The molecule has 1 saturated heterocycles. The van der Waals surface area contributed by atoms with Gasteiger partial charge in [-0.25, -0.2) is 4.39 Å². The normalized spacial score (nSPS) is 16.9. The zero-order chi connectivity index (χ0) is 26.0. The molecule has 1 fully saturated rings. The smallest absolute Gasteiger partial charge is 0.300 e. The van der Waals surface area contributed by atoms with Crippen LogP contribution in [0.5, 0.6) is 5.75 Å². The zero-order valence-electron chi connectivity index (χ0n) is 20.8. The Morgan fingerprint density at radius 3 is 2.33 bits per heavy atom. The Hall–Kier alpha value is -4.13. The molecule has 1 heterocycles. The maximum absolute atomic E-state index is 13.9. The minimum atomic E-state index is -0.898. The third kappa shape index (κ3) is 4.44. The molecule has 1 atom stereocenters. The highest BCUT2D eigenvalue weighted by Gasteiger charge is 2.47. The molecule has 186 valence electrons. The summed E-state index contributed by atoms with van der Waals surface area (Å²) >= 11 is 0. The van der Waals surface area contributed by atoms with Gasteiger partial charge in [0.2, 0.25) is 0 Å². The molecular formula is C29H29FN2O4. The first-order chi connectivity index (χ1) is 17.3. The fourth-order valence-electron chi connectivity index (χ4n) is 4.59. The van der Waals surface area contributed by atoms with Crippen LogP contribution < -0.4 is 14.5 Å². The largest absolute Gasteiger partial charge is 0.507 e. The van der Waals surface area contributed by atoms with Crippen LogP contribution >= 0.6 is 0 Å². The van der Waals surface area contributed by atoms with Gasteiger partial charge in [-0.3, -0.25) is 14.5 Å². The average Bonchev–Trinajstić information content (AvgIpc) is 3.16. The minimum absolute atomic E-state index is 0.0629. The van der Waals surface area contributed by atoms with E-state index < -0.39 is 23.5 Å². The number of rotatable bonds is 7. The van der Waals surface area contributed by atoms with Crippen molar-refractivity contribution in [2.24, 2.45) is 0 Å². The molecule has 0 spiro atoms. The highest BCUT2D eigenvalue weighted by molar-refractivity contribution is 6.51. The highest BCUT2D eigenvalue weighted by atomic mass is 19.1. The molecule has 3 aromatic carbocycles. The van der Waals surface area contributed by atoms with Crippen molar-refractivity contribution < 1.29 is 23.8 Å².